The molecule has 0 heterocycles. The van der Waals surface area contributed by atoms with Crippen molar-refractivity contribution in [2.75, 3.05) is 22.9 Å². The third-order valence-electron chi connectivity index (χ3n) is 4.63. The summed E-state index contributed by atoms with van der Waals surface area (Å²) in [5.74, 6) is 0.125. The smallest absolute Gasteiger partial charge is 0.232 e. The van der Waals surface area contributed by atoms with Crippen LogP contribution in [0.2, 0.25) is 0 Å². The van der Waals surface area contributed by atoms with Gasteiger partial charge in [-0.2, -0.15) is 0 Å². The molecule has 0 radical (unpaired) electrons. The van der Waals surface area contributed by atoms with Crippen molar-refractivity contribution in [3.63, 3.8) is 0 Å². The zero-order chi connectivity index (χ0) is 23.0. The van der Waals surface area contributed by atoms with Crippen LogP contribution in [0.15, 0.2) is 42.5 Å². The molecule has 0 saturated carbocycles. The Labute approximate surface area is 183 Å². The van der Waals surface area contributed by atoms with Crippen LogP contribution in [0.25, 0.3) is 0 Å². The predicted octanol–water partition coefficient (Wildman–Crippen LogP) is 3.36. The van der Waals surface area contributed by atoms with Crippen molar-refractivity contribution < 1.29 is 22.7 Å². The van der Waals surface area contributed by atoms with E-state index in [1.165, 1.54) is 6.92 Å². The van der Waals surface area contributed by atoms with Gasteiger partial charge in [0.2, 0.25) is 21.8 Å². The number of methoxy groups -OCH3 is 1. The third kappa shape index (κ3) is 7.29. The fraction of sp³-hybridized carbons (Fsp3) is 0.364. The summed E-state index contributed by atoms with van der Waals surface area (Å²) in [5.41, 5.74) is 2.29. The van der Waals surface area contributed by atoms with Crippen LogP contribution in [0, 0.1) is 6.92 Å². The zero-order valence-electron chi connectivity index (χ0n) is 18.2. The molecule has 0 aliphatic carbocycles. The fourth-order valence-electron chi connectivity index (χ4n) is 3.09. The van der Waals surface area contributed by atoms with Crippen molar-refractivity contribution >= 4 is 33.2 Å². The van der Waals surface area contributed by atoms with E-state index in [-0.39, 0.29) is 24.0 Å². The molecule has 0 bridgehead atoms. The Hall–Kier alpha value is -3.07. The molecule has 9 heteroatoms. The van der Waals surface area contributed by atoms with Gasteiger partial charge in [0.05, 0.1) is 31.0 Å². The first-order valence-corrected chi connectivity index (χ1v) is 11.6. The summed E-state index contributed by atoms with van der Waals surface area (Å²) in [6.45, 7) is 4.91. The molecular weight excluding hydrogens is 418 g/mol. The second-order valence-corrected chi connectivity index (χ2v) is 9.02. The summed E-state index contributed by atoms with van der Waals surface area (Å²) < 4.78 is 31.9. The van der Waals surface area contributed by atoms with Gasteiger partial charge < -0.3 is 15.4 Å². The molecule has 8 nitrogen and oxygen atoms in total. The van der Waals surface area contributed by atoms with E-state index < -0.39 is 16.1 Å². The van der Waals surface area contributed by atoms with E-state index in [0.717, 1.165) is 5.56 Å². The van der Waals surface area contributed by atoms with Gasteiger partial charge in [0, 0.05) is 12.6 Å². The molecule has 2 aromatic rings. The lowest BCUT2D eigenvalue weighted by atomic mass is 10.0. The van der Waals surface area contributed by atoms with Gasteiger partial charge in [-0.1, -0.05) is 25.1 Å². The second-order valence-electron chi connectivity index (χ2n) is 7.18. The highest BCUT2D eigenvalue weighted by atomic mass is 32.2. The Bertz CT molecular complexity index is 1020. The number of hydrogen-bond donors (Lipinski definition) is 3. The molecule has 31 heavy (non-hydrogen) atoms. The van der Waals surface area contributed by atoms with Crippen molar-refractivity contribution in [3.8, 4) is 5.75 Å². The maximum absolute atomic E-state index is 12.7. The number of sulfonamides is 1. The molecule has 3 N–H and O–H groups in total. The van der Waals surface area contributed by atoms with E-state index in [1.807, 2.05) is 0 Å². The zero-order valence-corrected chi connectivity index (χ0v) is 19.0. The minimum absolute atomic E-state index is 0.0110. The van der Waals surface area contributed by atoms with E-state index in [2.05, 4.69) is 15.4 Å². The first-order valence-electron chi connectivity index (χ1n) is 9.96. The number of hydrogen-bond acceptors (Lipinski definition) is 5. The standard InChI is InChI=1S/C22H29N3O5S/c1-5-13-31(28,29)25-20-8-6-7-19(15(20)2)24-22(27)14-21(23-16(3)26)17-9-11-18(30-4)12-10-17/h6-12,21,25H,5,13-14H2,1-4H3,(H,23,26)(H,24,27). The highest BCUT2D eigenvalue weighted by molar-refractivity contribution is 7.92. The van der Waals surface area contributed by atoms with Gasteiger partial charge in [-0.05, 0) is 48.7 Å². The quantitative estimate of drug-likeness (QED) is 0.517. The number of rotatable bonds is 10. The molecule has 1 unspecified atom stereocenters. The maximum atomic E-state index is 12.7. The lowest BCUT2D eigenvalue weighted by Crippen LogP contribution is -2.29. The van der Waals surface area contributed by atoms with Crippen molar-refractivity contribution in [1.29, 1.82) is 0 Å². The molecule has 0 saturated heterocycles. The minimum Gasteiger partial charge on any atom is -0.497 e. The summed E-state index contributed by atoms with van der Waals surface area (Å²) >= 11 is 0. The van der Waals surface area contributed by atoms with E-state index >= 15 is 0 Å². The van der Waals surface area contributed by atoms with Crippen LogP contribution in [-0.4, -0.2) is 33.1 Å². The Morgan fingerprint density at radius 1 is 1.06 bits per heavy atom. The summed E-state index contributed by atoms with van der Waals surface area (Å²) in [5, 5.41) is 5.60. The normalized spacial score (nSPS) is 12.0. The molecule has 168 valence electrons. The maximum Gasteiger partial charge on any atom is 0.232 e. The second kappa shape index (κ2) is 10.8. The van der Waals surface area contributed by atoms with E-state index in [9.17, 15) is 18.0 Å². The van der Waals surface area contributed by atoms with E-state index in [0.29, 0.717) is 29.1 Å². The van der Waals surface area contributed by atoms with E-state index in [1.54, 1.807) is 63.4 Å². The monoisotopic (exact) mass is 447 g/mol. The largest absolute Gasteiger partial charge is 0.497 e. The minimum atomic E-state index is -3.45. The van der Waals surface area contributed by atoms with Crippen LogP contribution >= 0.6 is 0 Å². The summed E-state index contributed by atoms with van der Waals surface area (Å²) in [4.78, 5) is 24.4. The van der Waals surface area contributed by atoms with Gasteiger partial charge >= 0.3 is 0 Å². The van der Waals surface area contributed by atoms with Gasteiger partial charge in [0.1, 0.15) is 5.75 Å². The number of benzene rings is 2. The molecule has 0 aliphatic rings. The first kappa shape index (κ1) is 24.2. The molecule has 2 amide bonds. The van der Waals surface area contributed by atoms with Crippen molar-refractivity contribution in [3.05, 3.63) is 53.6 Å². The van der Waals surface area contributed by atoms with Crippen LogP contribution < -0.4 is 20.1 Å². The SMILES string of the molecule is CCCS(=O)(=O)Nc1cccc(NC(=O)CC(NC(C)=O)c2ccc(OC)cc2)c1C. The molecule has 1 atom stereocenters. The average Bonchev–Trinajstić information content (AvgIpc) is 2.70. The third-order valence-corrected chi connectivity index (χ3v) is 6.11. The number of carbonyl (C=O) groups is 2. The van der Waals surface area contributed by atoms with Crippen LogP contribution in [0.1, 0.15) is 43.9 Å². The Morgan fingerprint density at radius 3 is 2.29 bits per heavy atom. The molecule has 2 rings (SSSR count). The Balaban J connectivity index is 2.16. The number of ether oxygens (including phenoxy) is 1. The highest BCUT2D eigenvalue weighted by Crippen LogP contribution is 2.26. The molecule has 2 aromatic carbocycles. The summed E-state index contributed by atoms with van der Waals surface area (Å²) in [7, 11) is -1.89. The number of nitrogens with one attached hydrogen (secondary N) is 3. The summed E-state index contributed by atoms with van der Waals surface area (Å²) in [6, 6.07) is 11.6. The lowest BCUT2D eigenvalue weighted by molar-refractivity contribution is -0.120. The van der Waals surface area contributed by atoms with Crippen molar-refractivity contribution in [1.82, 2.24) is 5.32 Å². The molecule has 0 fully saturated rings. The fourth-order valence-corrected chi connectivity index (χ4v) is 4.29. The van der Waals surface area contributed by atoms with Gasteiger partial charge in [0.25, 0.3) is 0 Å². The van der Waals surface area contributed by atoms with Gasteiger partial charge in [-0.15, -0.1) is 0 Å². The van der Waals surface area contributed by atoms with Crippen LogP contribution in [0.5, 0.6) is 5.75 Å². The molecule has 0 aromatic heterocycles. The summed E-state index contributed by atoms with van der Waals surface area (Å²) in [6.07, 6.45) is 0.512. The lowest BCUT2D eigenvalue weighted by Gasteiger charge is -2.19. The van der Waals surface area contributed by atoms with Crippen LogP contribution in [-0.2, 0) is 19.6 Å². The highest BCUT2D eigenvalue weighted by Gasteiger charge is 2.19. The van der Waals surface area contributed by atoms with Gasteiger partial charge in [0.15, 0.2) is 0 Å². The van der Waals surface area contributed by atoms with E-state index in [4.69, 9.17) is 4.74 Å². The van der Waals surface area contributed by atoms with Crippen LogP contribution in [0.3, 0.4) is 0 Å². The Kier molecular flexibility index (Phi) is 8.44. The average molecular weight is 448 g/mol. The van der Waals surface area contributed by atoms with Crippen LogP contribution in [0.4, 0.5) is 11.4 Å². The number of anilines is 2. The predicted molar refractivity (Wildman–Crippen MR) is 122 cm³/mol. The topological polar surface area (TPSA) is 114 Å². The van der Waals surface area contributed by atoms with Gasteiger partial charge in [-0.3, -0.25) is 14.3 Å². The van der Waals surface area contributed by atoms with Gasteiger partial charge in [-0.25, -0.2) is 8.42 Å². The Morgan fingerprint density at radius 2 is 1.71 bits per heavy atom. The number of amides is 2. The molecule has 0 aliphatic heterocycles. The first-order chi connectivity index (χ1) is 14.6. The number of carbonyl (C=O) groups excluding carboxylic acids is 2. The molecular formula is C22H29N3O5S. The van der Waals surface area contributed by atoms with Crippen molar-refractivity contribution in [2.45, 2.75) is 39.7 Å². The van der Waals surface area contributed by atoms with Crippen molar-refractivity contribution in [2.24, 2.45) is 0 Å². The molecule has 0 spiro atoms.